The van der Waals surface area contributed by atoms with Gasteiger partial charge in [0.15, 0.2) is 0 Å². The molecule has 1 fully saturated rings. The van der Waals surface area contributed by atoms with Gasteiger partial charge in [-0.05, 0) is 37.1 Å². The number of rotatable bonds is 7. The average molecular weight is 211 g/mol. The molecule has 1 nitrogen and oxygen atoms in total. The summed E-state index contributed by atoms with van der Waals surface area (Å²) in [5.41, 5.74) is 0. The van der Waals surface area contributed by atoms with E-state index in [2.05, 4.69) is 33.0 Å². The molecular weight excluding hydrogens is 182 g/mol. The SMILES string of the molecule is CCCNC(CC1CCC1)C(C)C(C)C. The molecule has 0 aromatic carbocycles. The molecule has 0 aliphatic heterocycles. The lowest BCUT2D eigenvalue weighted by molar-refractivity contribution is 0.204. The van der Waals surface area contributed by atoms with E-state index in [0.29, 0.717) is 0 Å². The Balaban J connectivity index is 2.35. The van der Waals surface area contributed by atoms with Crippen LogP contribution in [-0.4, -0.2) is 12.6 Å². The minimum Gasteiger partial charge on any atom is -0.314 e. The van der Waals surface area contributed by atoms with Crippen molar-refractivity contribution in [3.8, 4) is 0 Å². The smallest absolute Gasteiger partial charge is 0.00977 e. The summed E-state index contributed by atoms with van der Waals surface area (Å²) in [5.74, 6) is 2.65. The van der Waals surface area contributed by atoms with Gasteiger partial charge in [-0.1, -0.05) is 47.0 Å². The van der Waals surface area contributed by atoms with Gasteiger partial charge in [0, 0.05) is 6.04 Å². The number of nitrogens with one attached hydrogen (secondary N) is 1. The topological polar surface area (TPSA) is 12.0 Å². The third kappa shape index (κ3) is 4.14. The summed E-state index contributed by atoms with van der Waals surface area (Å²) in [6, 6.07) is 0.759. The van der Waals surface area contributed by atoms with Gasteiger partial charge in [-0.15, -0.1) is 0 Å². The van der Waals surface area contributed by atoms with Gasteiger partial charge in [-0.2, -0.15) is 0 Å². The maximum Gasteiger partial charge on any atom is 0.00977 e. The largest absolute Gasteiger partial charge is 0.314 e. The molecule has 90 valence electrons. The van der Waals surface area contributed by atoms with Crippen molar-refractivity contribution in [2.45, 2.75) is 65.8 Å². The second kappa shape index (κ2) is 6.52. The first-order chi connectivity index (χ1) is 7.15. The molecule has 2 unspecified atom stereocenters. The predicted molar refractivity (Wildman–Crippen MR) is 68.0 cm³/mol. The second-order valence-corrected chi connectivity index (χ2v) is 5.70. The van der Waals surface area contributed by atoms with Gasteiger partial charge in [0.05, 0.1) is 0 Å². The van der Waals surface area contributed by atoms with Gasteiger partial charge in [0.1, 0.15) is 0 Å². The lowest BCUT2D eigenvalue weighted by atomic mass is 9.76. The Bertz CT molecular complexity index is 161. The molecule has 1 heteroatoms. The van der Waals surface area contributed by atoms with Crippen molar-refractivity contribution < 1.29 is 0 Å². The van der Waals surface area contributed by atoms with E-state index in [1.165, 1.54) is 38.6 Å². The normalized spacial score (nSPS) is 21.4. The molecule has 0 aromatic heterocycles. The van der Waals surface area contributed by atoms with Crippen LogP contribution < -0.4 is 5.32 Å². The fraction of sp³-hybridized carbons (Fsp3) is 1.00. The van der Waals surface area contributed by atoms with Gasteiger partial charge in [0.25, 0.3) is 0 Å². The molecule has 1 aliphatic carbocycles. The van der Waals surface area contributed by atoms with E-state index in [1.807, 2.05) is 0 Å². The van der Waals surface area contributed by atoms with Gasteiger partial charge in [0.2, 0.25) is 0 Å². The zero-order valence-electron chi connectivity index (χ0n) is 11.1. The molecule has 1 aliphatic rings. The first kappa shape index (κ1) is 13.0. The Hall–Kier alpha value is -0.0400. The Morgan fingerprint density at radius 3 is 2.27 bits per heavy atom. The summed E-state index contributed by atoms with van der Waals surface area (Å²) in [6.45, 7) is 10.6. The van der Waals surface area contributed by atoms with E-state index >= 15 is 0 Å². The predicted octanol–water partition coefficient (Wildman–Crippen LogP) is 3.84. The van der Waals surface area contributed by atoms with Crippen molar-refractivity contribution in [1.82, 2.24) is 5.32 Å². The fourth-order valence-electron chi connectivity index (χ4n) is 2.37. The minimum atomic E-state index is 0.759. The molecule has 0 spiro atoms. The van der Waals surface area contributed by atoms with Crippen LogP contribution in [0.2, 0.25) is 0 Å². The maximum absolute atomic E-state index is 3.75. The van der Waals surface area contributed by atoms with E-state index in [0.717, 1.165) is 23.8 Å². The van der Waals surface area contributed by atoms with Crippen molar-refractivity contribution in [1.29, 1.82) is 0 Å². The molecule has 2 atom stereocenters. The fourth-order valence-corrected chi connectivity index (χ4v) is 2.37. The summed E-state index contributed by atoms with van der Waals surface area (Å²) in [7, 11) is 0. The van der Waals surface area contributed by atoms with Crippen LogP contribution in [0.3, 0.4) is 0 Å². The van der Waals surface area contributed by atoms with Crippen LogP contribution in [0.15, 0.2) is 0 Å². The van der Waals surface area contributed by atoms with Crippen LogP contribution in [0.4, 0.5) is 0 Å². The molecule has 1 saturated carbocycles. The van der Waals surface area contributed by atoms with Crippen molar-refractivity contribution >= 4 is 0 Å². The Labute approximate surface area is 96.0 Å². The zero-order chi connectivity index (χ0) is 11.3. The third-order valence-corrected chi connectivity index (χ3v) is 4.15. The molecule has 0 saturated heterocycles. The molecule has 15 heavy (non-hydrogen) atoms. The standard InChI is InChI=1S/C14H29N/c1-5-9-15-14(12(4)11(2)3)10-13-7-6-8-13/h11-15H,5-10H2,1-4H3. The monoisotopic (exact) mass is 211 g/mol. The number of hydrogen-bond acceptors (Lipinski definition) is 1. The van der Waals surface area contributed by atoms with Crippen LogP contribution in [0.25, 0.3) is 0 Å². The lowest BCUT2D eigenvalue weighted by Gasteiger charge is -2.34. The van der Waals surface area contributed by atoms with Gasteiger partial charge < -0.3 is 5.32 Å². The zero-order valence-corrected chi connectivity index (χ0v) is 11.1. The Morgan fingerprint density at radius 1 is 1.20 bits per heavy atom. The van der Waals surface area contributed by atoms with E-state index in [-0.39, 0.29) is 0 Å². The van der Waals surface area contributed by atoms with Crippen LogP contribution in [0.5, 0.6) is 0 Å². The highest BCUT2D eigenvalue weighted by molar-refractivity contribution is 4.81. The summed E-state index contributed by atoms with van der Waals surface area (Å²) in [4.78, 5) is 0. The summed E-state index contributed by atoms with van der Waals surface area (Å²) in [5, 5.41) is 3.75. The Kier molecular flexibility index (Phi) is 5.66. The maximum atomic E-state index is 3.75. The molecule has 0 radical (unpaired) electrons. The third-order valence-electron chi connectivity index (χ3n) is 4.15. The Morgan fingerprint density at radius 2 is 1.87 bits per heavy atom. The van der Waals surface area contributed by atoms with Gasteiger partial charge in [-0.25, -0.2) is 0 Å². The first-order valence-electron chi connectivity index (χ1n) is 6.88. The van der Waals surface area contributed by atoms with Gasteiger partial charge >= 0.3 is 0 Å². The first-order valence-corrected chi connectivity index (χ1v) is 6.88. The highest BCUT2D eigenvalue weighted by atomic mass is 14.9. The van der Waals surface area contributed by atoms with E-state index in [1.54, 1.807) is 0 Å². The molecule has 1 rings (SSSR count). The van der Waals surface area contributed by atoms with E-state index in [4.69, 9.17) is 0 Å². The summed E-state index contributed by atoms with van der Waals surface area (Å²) < 4.78 is 0. The molecule has 0 heterocycles. The molecule has 0 aromatic rings. The van der Waals surface area contributed by atoms with Crippen LogP contribution in [0.1, 0.15) is 59.8 Å². The van der Waals surface area contributed by atoms with Gasteiger partial charge in [-0.3, -0.25) is 0 Å². The molecule has 0 bridgehead atoms. The van der Waals surface area contributed by atoms with Crippen molar-refractivity contribution in [3.63, 3.8) is 0 Å². The van der Waals surface area contributed by atoms with E-state index in [9.17, 15) is 0 Å². The van der Waals surface area contributed by atoms with Crippen molar-refractivity contribution in [2.75, 3.05) is 6.54 Å². The van der Waals surface area contributed by atoms with Crippen molar-refractivity contribution in [3.05, 3.63) is 0 Å². The summed E-state index contributed by atoms with van der Waals surface area (Å²) >= 11 is 0. The average Bonchev–Trinajstić information content (AvgIpc) is 2.14. The van der Waals surface area contributed by atoms with Crippen molar-refractivity contribution in [2.24, 2.45) is 17.8 Å². The highest BCUT2D eigenvalue weighted by Crippen LogP contribution is 2.33. The lowest BCUT2D eigenvalue weighted by Crippen LogP contribution is -2.40. The molecule has 0 amide bonds. The highest BCUT2D eigenvalue weighted by Gasteiger charge is 2.26. The summed E-state index contributed by atoms with van der Waals surface area (Å²) in [6.07, 6.45) is 7.11. The minimum absolute atomic E-state index is 0.759. The number of hydrogen-bond donors (Lipinski definition) is 1. The molecular formula is C14H29N. The van der Waals surface area contributed by atoms with Crippen LogP contribution >= 0.6 is 0 Å². The van der Waals surface area contributed by atoms with E-state index < -0.39 is 0 Å². The quantitative estimate of drug-likeness (QED) is 0.674. The molecule has 1 N–H and O–H groups in total. The van der Waals surface area contributed by atoms with Crippen LogP contribution in [-0.2, 0) is 0 Å². The second-order valence-electron chi connectivity index (χ2n) is 5.70. The van der Waals surface area contributed by atoms with Crippen LogP contribution in [0, 0.1) is 17.8 Å².